The van der Waals surface area contributed by atoms with E-state index in [1.54, 1.807) is 0 Å². The van der Waals surface area contributed by atoms with Crippen molar-refractivity contribution in [2.75, 3.05) is 12.8 Å². The van der Waals surface area contributed by atoms with Crippen LogP contribution in [0.3, 0.4) is 0 Å². The Morgan fingerprint density at radius 2 is 1.90 bits per heavy atom. The van der Waals surface area contributed by atoms with Crippen LogP contribution in [0.2, 0.25) is 0 Å². The van der Waals surface area contributed by atoms with E-state index in [0.29, 0.717) is 0 Å². The van der Waals surface area contributed by atoms with Gasteiger partial charge in [-0.15, -0.1) is 0 Å². The summed E-state index contributed by atoms with van der Waals surface area (Å²) in [6.07, 6.45) is 1.85. The third-order valence-electron chi connectivity index (χ3n) is 3.49. The predicted molar refractivity (Wildman–Crippen MR) is 87.4 cm³/mol. The van der Waals surface area contributed by atoms with E-state index < -0.39 is 0 Å². The van der Waals surface area contributed by atoms with Crippen molar-refractivity contribution in [2.45, 2.75) is 26.9 Å². The van der Waals surface area contributed by atoms with Gasteiger partial charge in [-0.1, -0.05) is 34.1 Å². The minimum absolute atomic E-state index is 0.789. The van der Waals surface area contributed by atoms with E-state index >= 15 is 0 Å². The van der Waals surface area contributed by atoms with Crippen LogP contribution in [0.25, 0.3) is 0 Å². The standard InChI is InChI=1S/C16H20BrN3/c1-11-8-19-15(12(2)16(11)18)10-20(3)9-13-6-4-5-7-14(13)17/h4-8H,9-10H2,1-3H3,(H2,18,19). The first-order valence-corrected chi connectivity index (χ1v) is 7.41. The molecule has 0 fully saturated rings. The van der Waals surface area contributed by atoms with Gasteiger partial charge in [-0.05, 0) is 43.7 Å². The molecule has 2 N–H and O–H groups in total. The fourth-order valence-corrected chi connectivity index (χ4v) is 2.59. The average Bonchev–Trinajstić information content (AvgIpc) is 2.42. The highest BCUT2D eigenvalue weighted by Crippen LogP contribution is 2.21. The zero-order valence-electron chi connectivity index (χ0n) is 12.2. The lowest BCUT2D eigenvalue weighted by Gasteiger charge is -2.19. The van der Waals surface area contributed by atoms with Crippen LogP contribution in [0.15, 0.2) is 34.9 Å². The summed E-state index contributed by atoms with van der Waals surface area (Å²) in [5.41, 5.74) is 11.4. The van der Waals surface area contributed by atoms with Crippen LogP contribution < -0.4 is 5.73 Å². The SMILES string of the molecule is Cc1cnc(CN(C)Cc2ccccc2Br)c(C)c1N. The summed E-state index contributed by atoms with van der Waals surface area (Å²) in [6.45, 7) is 5.69. The minimum Gasteiger partial charge on any atom is -0.398 e. The highest BCUT2D eigenvalue weighted by molar-refractivity contribution is 9.10. The number of pyridine rings is 1. The van der Waals surface area contributed by atoms with Crippen LogP contribution in [0.1, 0.15) is 22.4 Å². The van der Waals surface area contributed by atoms with Crippen molar-refractivity contribution >= 4 is 21.6 Å². The number of aromatic nitrogens is 1. The van der Waals surface area contributed by atoms with E-state index in [0.717, 1.165) is 40.1 Å². The summed E-state index contributed by atoms with van der Waals surface area (Å²) in [5.74, 6) is 0. The van der Waals surface area contributed by atoms with E-state index in [4.69, 9.17) is 5.73 Å². The fourth-order valence-electron chi connectivity index (χ4n) is 2.18. The summed E-state index contributed by atoms with van der Waals surface area (Å²) in [6, 6.07) is 8.28. The highest BCUT2D eigenvalue weighted by Gasteiger charge is 2.10. The van der Waals surface area contributed by atoms with Crippen molar-refractivity contribution < 1.29 is 0 Å². The van der Waals surface area contributed by atoms with Crippen molar-refractivity contribution in [3.05, 3.63) is 57.3 Å². The normalized spacial score (nSPS) is 11.1. The number of benzene rings is 1. The van der Waals surface area contributed by atoms with Gasteiger partial charge in [-0.2, -0.15) is 0 Å². The van der Waals surface area contributed by atoms with Gasteiger partial charge in [0.15, 0.2) is 0 Å². The van der Waals surface area contributed by atoms with Crippen LogP contribution in [0.4, 0.5) is 5.69 Å². The van der Waals surface area contributed by atoms with Gasteiger partial charge in [0, 0.05) is 29.4 Å². The molecule has 106 valence electrons. The van der Waals surface area contributed by atoms with E-state index in [2.05, 4.69) is 51.1 Å². The largest absolute Gasteiger partial charge is 0.398 e. The molecule has 3 nitrogen and oxygen atoms in total. The number of hydrogen-bond acceptors (Lipinski definition) is 3. The van der Waals surface area contributed by atoms with Gasteiger partial charge in [-0.3, -0.25) is 9.88 Å². The quantitative estimate of drug-likeness (QED) is 0.928. The summed E-state index contributed by atoms with van der Waals surface area (Å²) in [7, 11) is 2.09. The number of aryl methyl sites for hydroxylation is 1. The molecule has 0 bridgehead atoms. The van der Waals surface area contributed by atoms with Gasteiger partial charge >= 0.3 is 0 Å². The Morgan fingerprint density at radius 3 is 2.60 bits per heavy atom. The molecule has 0 spiro atoms. The van der Waals surface area contributed by atoms with Crippen molar-refractivity contribution in [2.24, 2.45) is 0 Å². The molecule has 1 aromatic heterocycles. The van der Waals surface area contributed by atoms with Crippen LogP contribution in [-0.2, 0) is 13.1 Å². The van der Waals surface area contributed by atoms with Crippen molar-refractivity contribution in [1.29, 1.82) is 0 Å². The Kier molecular flexibility index (Phi) is 4.78. The molecule has 0 unspecified atom stereocenters. The number of nitrogens with two attached hydrogens (primary N) is 1. The Balaban J connectivity index is 2.11. The molecule has 4 heteroatoms. The first kappa shape index (κ1) is 15.0. The van der Waals surface area contributed by atoms with Gasteiger partial charge in [0.25, 0.3) is 0 Å². The fraction of sp³-hybridized carbons (Fsp3) is 0.312. The molecule has 0 aliphatic carbocycles. The molecule has 1 heterocycles. The van der Waals surface area contributed by atoms with Crippen molar-refractivity contribution in [1.82, 2.24) is 9.88 Å². The predicted octanol–water partition coefficient (Wildman–Crippen LogP) is 3.68. The third-order valence-corrected chi connectivity index (χ3v) is 4.27. The zero-order valence-corrected chi connectivity index (χ0v) is 13.7. The second-order valence-electron chi connectivity index (χ2n) is 5.19. The van der Waals surface area contributed by atoms with Crippen molar-refractivity contribution in [3.8, 4) is 0 Å². The van der Waals surface area contributed by atoms with Gasteiger partial charge in [0.1, 0.15) is 0 Å². The van der Waals surface area contributed by atoms with Gasteiger partial charge in [0.05, 0.1) is 5.69 Å². The van der Waals surface area contributed by atoms with Crippen LogP contribution >= 0.6 is 15.9 Å². The molecule has 0 amide bonds. The summed E-state index contributed by atoms with van der Waals surface area (Å²) in [4.78, 5) is 6.75. The maximum absolute atomic E-state index is 6.07. The molecule has 0 aliphatic rings. The first-order valence-electron chi connectivity index (χ1n) is 6.61. The maximum atomic E-state index is 6.07. The Bertz CT molecular complexity index is 611. The highest BCUT2D eigenvalue weighted by atomic mass is 79.9. The Morgan fingerprint density at radius 1 is 1.20 bits per heavy atom. The second-order valence-corrected chi connectivity index (χ2v) is 6.04. The molecule has 0 saturated carbocycles. The number of nitrogen functional groups attached to an aromatic ring is 1. The molecule has 0 saturated heterocycles. The summed E-state index contributed by atoms with van der Waals surface area (Å²) in [5, 5.41) is 0. The average molecular weight is 334 g/mol. The second kappa shape index (κ2) is 6.37. The monoisotopic (exact) mass is 333 g/mol. The van der Waals surface area contributed by atoms with Gasteiger partial charge in [-0.25, -0.2) is 0 Å². The molecule has 0 atom stereocenters. The molecular weight excluding hydrogens is 314 g/mol. The zero-order chi connectivity index (χ0) is 14.7. The number of nitrogens with zero attached hydrogens (tertiary/aromatic N) is 2. The van der Waals surface area contributed by atoms with E-state index in [9.17, 15) is 0 Å². The molecule has 2 rings (SSSR count). The lowest BCUT2D eigenvalue weighted by Crippen LogP contribution is -2.19. The van der Waals surface area contributed by atoms with Crippen LogP contribution in [0, 0.1) is 13.8 Å². The number of halogens is 1. The molecular formula is C16H20BrN3. The molecule has 0 aliphatic heterocycles. The van der Waals surface area contributed by atoms with Crippen molar-refractivity contribution in [3.63, 3.8) is 0 Å². The lowest BCUT2D eigenvalue weighted by atomic mass is 10.1. The van der Waals surface area contributed by atoms with Crippen LogP contribution in [-0.4, -0.2) is 16.9 Å². The number of hydrogen-bond donors (Lipinski definition) is 1. The maximum Gasteiger partial charge on any atom is 0.0593 e. The molecule has 0 radical (unpaired) electrons. The van der Waals surface area contributed by atoms with E-state index in [1.807, 2.05) is 26.1 Å². The van der Waals surface area contributed by atoms with E-state index in [1.165, 1.54) is 5.56 Å². The van der Waals surface area contributed by atoms with Gasteiger partial charge < -0.3 is 5.73 Å². The summed E-state index contributed by atoms with van der Waals surface area (Å²) >= 11 is 3.58. The number of anilines is 1. The number of rotatable bonds is 4. The molecule has 20 heavy (non-hydrogen) atoms. The topological polar surface area (TPSA) is 42.2 Å². The smallest absolute Gasteiger partial charge is 0.0593 e. The summed E-state index contributed by atoms with van der Waals surface area (Å²) < 4.78 is 1.14. The van der Waals surface area contributed by atoms with E-state index in [-0.39, 0.29) is 0 Å². The van der Waals surface area contributed by atoms with Gasteiger partial charge in [0.2, 0.25) is 0 Å². The lowest BCUT2D eigenvalue weighted by molar-refractivity contribution is 0.314. The molecule has 1 aromatic carbocycles. The Hall–Kier alpha value is -1.39. The first-order chi connectivity index (χ1) is 9.49. The Labute approximate surface area is 129 Å². The minimum atomic E-state index is 0.789. The molecule has 2 aromatic rings. The van der Waals surface area contributed by atoms with Crippen LogP contribution in [0.5, 0.6) is 0 Å². The third kappa shape index (κ3) is 3.38.